The molecule has 0 bridgehead atoms. The molecule has 0 unspecified atom stereocenters. The summed E-state index contributed by atoms with van der Waals surface area (Å²) in [6.45, 7) is 2.31. The van der Waals surface area contributed by atoms with Crippen LogP contribution in [0.5, 0.6) is 0 Å². The van der Waals surface area contributed by atoms with Crippen LogP contribution in [0, 0.1) is 17.8 Å². The highest BCUT2D eigenvalue weighted by molar-refractivity contribution is 5.40. The van der Waals surface area contributed by atoms with Gasteiger partial charge in [0, 0.05) is 5.69 Å². The summed E-state index contributed by atoms with van der Waals surface area (Å²) in [7, 11) is 0. The normalized spacial score (nSPS) is 25.8. The van der Waals surface area contributed by atoms with E-state index in [1.807, 2.05) is 0 Å². The third kappa shape index (κ3) is 10.0. The molecule has 0 aliphatic heterocycles. The van der Waals surface area contributed by atoms with E-state index in [1.165, 1.54) is 140 Å². The molecule has 1 heteroatoms. The third-order valence-corrected chi connectivity index (χ3v) is 9.20. The fraction of sp³-hybridized carbons (Fsp3) is 0.812. The van der Waals surface area contributed by atoms with E-state index in [-0.39, 0.29) is 0 Å². The number of nitrogen functional groups attached to an aromatic ring is 1. The van der Waals surface area contributed by atoms with Crippen LogP contribution in [0.25, 0.3) is 0 Å². The molecule has 0 saturated heterocycles. The summed E-state index contributed by atoms with van der Waals surface area (Å²) in [5.74, 6) is 3.89. The van der Waals surface area contributed by atoms with Crippen molar-refractivity contribution in [3.63, 3.8) is 0 Å². The van der Waals surface area contributed by atoms with Gasteiger partial charge in [0.1, 0.15) is 0 Å². The largest absolute Gasteiger partial charge is 0.399 e. The minimum atomic E-state index is 0.781. The lowest BCUT2D eigenvalue weighted by atomic mass is 9.68. The molecule has 2 aliphatic rings. The first kappa shape index (κ1) is 26.6. The van der Waals surface area contributed by atoms with Crippen LogP contribution in [-0.2, 0) is 0 Å². The van der Waals surface area contributed by atoms with Gasteiger partial charge in [0.25, 0.3) is 0 Å². The Bertz CT molecular complexity index is 589. The van der Waals surface area contributed by atoms with Crippen molar-refractivity contribution in [2.45, 2.75) is 148 Å². The summed E-state index contributed by atoms with van der Waals surface area (Å²) >= 11 is 0. The number of hydrogen-bond acceptors (Lipinski definition) is 1. The number of rotatable bonds is 15. The van der Waals surface area contributed by atoms with Crippen molar-refractivity contribution in [3.8, 4) is 0 Å². The number of benzene rings is 1. The zero-order chi connectivity index (χ0) is 23.1. The van der Waals surface area contributed by atoms with Gasteiger partial charge in [-0.2, -0.15) is 0 Å². The van der Waals surface area contributed by atoms with Crippen LogP contribution in [0.15, 0.2) is 24.3 Å². The molecule has 2 fully saturated rings. The zero-order valence-electron chi connectivity index (χ0n) is 22.0. The Morgan fingerprint density at radius 3 is 1.55 bits per heavy atom. The molecule has 1 aromatic rings. The molecule has 2 saturated carbocycles. The van der Waals surface area contributed by atoms with Crippen molar-refractivity contribution in [2.24, 2.45) is 17.8 Å². The van der Waals surface area contributed by atoms with E-state index < -0.39 is 0 Å². The smallest absolute Gasteiger partial charge is 0.0314 e. The molecular formula is C32H55N. The number of anilines is 1. The fourth-order valence-corrected chi connectivity index (χ4v) is 6.91. The summed E-state index contributed by atoms with van der Waals surface area (Å²) in [6.07, 6.45) is 31.0. The molecule has 0 radical (unpaired) electrons. The summed E-state index contributed by atoms with van der Waals surface area (Å²) in [5.41, 5.74) is 8.29. The van der Waals surface area contributed by atoms with Crippen molar-refractivity contribution >= 4 is 5.69 Å². The van der Waals surface area contributed by atoms with Gasteiger partial charge in [0.15, 0.2) is 0 Å². The molecular weight excluding hydrogens is 398 g/mol. The Hall–Kier alpha value is -0.980. The van der Waals surface area contributed by atoms with Gasteiger partial charge in [-0.3, -0.25) is 0 Å². The highest BCUT2D eigenvalue weighted by Crippen LogP contribution is 2.44. The first-order valence-corrected chi connectivity index (χ1v) is 15.1. The lowest BCUT2D eigenvalue weighted by molar-refractivity contribution is 0.155. The second-order valence-corrected chi connectivity index (χ2v) is 11.7. The van der Waals surface area contributed by atoms with Crippen molar-refractivity contribution in [3.05, 3.63) is 29.8 Å². The molecule has 2 N–H and O–H groups in total. The molecule has 0 aromatic heterocycles. The Labute approximate surface area is 206 Å². The van der Waals surface area contributed by atoms with E-state index in [0.717, 1.165) is 29.4 Å². The maximum absolute atomic E-state index is 5.87. The van der Waals surface area contributed by atoms with Gasteiger partial charge >= 0.3 is 0 Å². The van der Waals surface area contributed by atoms with Gasteiger partial charge in [-0.25, -0.2) is 0 Å². The lowest BCUT2D eigenvalue weighted by Crippen LogP contribution is -2.25. The summed E-state index contributed by atoms with van der Waals surface area (Å²) in [4.78, 5) is 0. The maximum Gasteiger partial charge on any atom is 0.0314 e. The Balaban J connectivity index is 1.16. The van der Waals surface area contributed by atoms with E-state index in [0.29, 0.717) is 0 Å². The van der Waals surface area contributed by atoms with Crippen LogP contribution in [0.3, 0.4) is 0 Å². The molecule has 33 heavy (non-hydrogen) atoms. The van der Waals surface area contributed by atoms with Crippen molar-refractivity contribution in [1.29, 1.82) is 0 Å². The second-order valence-electron chi connectivity index (χ2n) is 11.7. The first-order chi connectivity index (χ1) is 16.3. The van der Waals surface area contributed by atoms with E-state index in [4.69, 9.17) is 5.73 Å². The molecule has 0 amide bonds. The summed E-state index contributed by atoms with van der Waals surface area (Å²) in [5, 5.41) is 0. The SMILES string of the molecule is CCCCCCCCCCCCCCC1CCC([C@H]2CC[C@H](c3ccc(N)cc3)CC2)CC1. The summed E-state index contributed by atoms with van der Waals surface area (Å²) < 4.78 is 0. The van der Waals surface area contributed by atoms with Gasteiger partial charge in [0.05, 0.1) is 0 Å². The monoisotopic (exact) mass is 453 g/mol. The van der Waals surface area contributed by atoms with Gasteiger partial charge < -0.3 is 5.73 Å². The van der Waals surface area contributed by atoms with Gasteiger partial charge in [-0.15, -0.1) is 0 Å². The molecule has 188 valence electrons. The average molecular weight is 454 g/mol. The highest BCUT2D eigenvalue weighted by atomic mass is 14.5. The van der Waals surface area contributed by atoms with Crippen molar-refractivity contribution in [1.82, 2.24) is 0 Å². The van der Waals surface area contributed by atoms with E-state index in [9.17, 15) is 0 Å². The van der Waals surface area contributed by atoms with Crippen molar-refractivity contribution < 1.29 is 0 Å². The van der Waals surface area contributed by atoms with Crippen molar-refractivity contribution in [2.75, 3.05) is 5.73 Å². The quantitative estimate of drug-likeness (QED) is 0.207. The first-order valence-electron chi connectivity index (χ1n) is 15.1. The minimum Gasteiger partial charge on any atom is -0.399 e. The molecule has 3 rings (SSSR count). The number of unbranched alkanes of at least 4 members (excludes halogenated alkanes) is 11. The van der Waals surface area contributed by atoms with Crippen LogP contribution in [-0.4, -0.2) is 0 Å². The maximum atomic E-state index is 5.87. The predicted octanol–water partition coefficient (Wildman–Crippen LogP) is 10.4. The molecule has 0 heterocycles. The van der Waals surface area contributed by atoms with Crippen LogP contribution in [0.1, 0.15) is 153 Å². The number of hydrogen-bond donors (Lipinski definition) is 1. The second kappa shape index (κ2) is 15.8. The van der Waals surface area contributed by atoms with Crippen LogP contribution in [0.4, 0.5) is 5.69 Å². The average Bonchev–Trinajstić information content (AvgIpc) is 2.86. The Morgan fingerprint density at radius 2 is 1.03 bits per heavy atom. The molecule has 0 spiro atoms. The third-order valence-electron chi connectivity index (χ3n) is 9.20. The molecule has 0 atom stereocenters. The molecule has 1 nitrogen and oxygen atoms in total. The Kier molecular flexibility index (Phi) is 12.8. The fourth-order valence-electron chi connectivity index (χ4n) is 6.91. The molecule has 2 aliphatic carbocycles. The zero-order valence-corrected chi connectivity index (χ0v) is 22.0. The van der Waals surface area contributed by atoms with Crippen LogP contribution >= 0.6 is 0 Å². The van der Waals surface area contributed by atoms with E-state index in [2.05, 4.69) is 31.2 Å². The predicted molar refractivity (Wildman–Crippen MR) is 147 cm³/mol. The van der Waals surface area contributed by atoms with E-state index >= 15 is 0 Å². The van der Waals surface area contributed by atoms with Gasteiger partial charge in [0.2, 0.25) is 0 Å². The van der Waals surface area contributed by atoms with Gasteiger partial charge in [-0.05, 0) is 79.9 Å². The number of nitrogens with two attached hydrogens (primary N) is 1. The minimum absolute atomic E-state index is 0.781. The van der Waals surface area contributed by atoms with Crippen LogP contribution in [0.2, 0.25) is 0 Å². The summed E-state index contributed by atoms with van der Waals surface area (Å²) in [6, 6.07) is 8.70. The van der Waals surface area contributed by atoms with E-state index in [1.54, 1.807) is 0 Å². The standard InChI is InChI=1S/C32H55N/c1-2-3-4-5-6-7-8-9-10-11-12-13-14-27-15-17-28(18-16-27)29-19-21-30(22-20-29)31-23-25-32(33)26-24-31/h23-30H,2-22,33H2,1H3/t27?,28?,29-,30-. The highest BCUT2D eigenvalue weighted by Gasteiger charge is 2.31. The van der Waals surface area contributed by atoms with Gasteiger partial charge in [-0.1, -0.05) is 115 Å². The Morgan fingerprint density at radius 1 is 0.576 bits per heavy atom. The topological polar surface area (TPSA) is 26.0 Å². The lowest BCUT2D eigenvalue weighted by Gasteiger charge is -2.38. The van der Waals surface area contributed by atoms with Crippen LogP contribution < -0.4 is 5.73 Å². The molecule has 1 aromatic carbocycles.